The van der Waals surface area contributed by atoms with Gasteiger partial charge in [0.25, 0.3) is 11.8 Å². The van der Waals surface area contributed by atoms with Gasteiger partial charge in [0.15, 0.2) is 12.2 Å². The van der Waals surface area contributed by atoms with E-state index >= 15 is 0 Å². The molecule has 3 aromatic carbocycles. The molecule has 0 spiro atoms. The van der Waals surface area contributed by atoms with Gasteiger partial charge in [-0.2, -0.15) is 0 Å². The first-order valence-corrected chi connectivity index (χ1v) is 12.1. The summed E-state index contributed by atoms with van der Waals surface area (Å²) in [5, 5.41) is 9.25. The molecule has 2 aliphatic heterocycles. The summed E-state index contributed by atoms with van der Waals surface area (Å²) in [5.41, 5.74) is 5.87. The zero-order chi connectivity index (χ0) is 25.2. The number of hydrogen-bond donors (Lipinski definition) is 3. The number of fused-ring (bicyclic) bond motifs is 2. The van der Waals surface area contributed by atoms with Gasteiger partial charge in [0.05, 0.1) is 11.4 Å². The molecule has 186 valence electrons. The summed E-state index contributed by atoms with van der Waals surface area (Å²) in [4.78, 5) is 25.9. The summed E-state index contributed by atoms with van der Waals surface area (Å²) in [5.74, 6) is 1.14. The number of nitrogens with zero attached hydrogens (tertiary/aromatic N) is 1. The molecule has 8 nitrogen and oxygen atoms in total. The van der Waals surface area contributed by atoms with Crippen LogP contribution in [0.2, 0.25) is 0 Å². The molecule has 0 radical (unpaired) electrons. The Kier molecular flexibility index (Phi) is 6.52. The van der Waals surface area contributed by atoms with Crippen LogP contribution in [0.25, 0.3) is 0 Å². The zero-order valence-electron chi connectivity index (χ0n) is 20.6. The Hall–Kier alpha value is -4.04. The van der Waals surface area contributed by atoms with Crippen molar-refractivity contribution in [1.29, 1.82) is 0 Å². The first-order chi connectivity index (χ1) is 17.4. The Labute approximate surface area is 210 Å². The predicted molar refractivity (Wildman–Crippen MR) is 139 cm³/mol. The molecule has 2 amide bonds. The molecule has 0 aliphatic carbocycles. The van der Waals surface area contributed by atoms with Crippen molar-refractivity contribution in [2.75, 3.05) is 22.6 Å². The van der Waals surface area contributed by atoms with Gasteiger partial charge in [-0.3, -0.25) is 9.59 Å². The lowest BCUT2D eigenvalue weighted by Crippen LogP contribution is -2.34. The van der Waals surface area contributed by atoms with Gasteiger partial charge >= 0.3 is 0 Å². The summed E-state index contributed by atoms with van der Waals surface area (Å²) in [6, 6.07) is 20.2. The van der Waals surface area contributed by atoms with Crippen LogP contribution in [0.1, 0.15) is 30.5 Å². The SMILES string of the molecule is CC1Oc2ccc(CNCc3ccc(CN(C)c4ccc5c(c4)NC(=O)C(C)O5)cc3)cc2NC1=O. The van der Waals surface area contributed by atoms with Crippen molar-refractivity contribution in [3.63, 3.8) is 0 Å². The molecule has 2 heterocycles. The van der Waals surface area contributed by atoms with E-state index in [1.807, 2.05) is 43.4 Å². The minimum absolute atomic E-state index is 0.125. The van der Waals surface area contributed by atoms with E-state index in [1.165, 1.54) is 11.1 Å². The fourth-order valence-corrected chi connectivity index (χ4v) is 4.28. The van der Waals surface area contributed by atoms with Crippen molar-refractivity contribution in [3.8, 4) is 11.5 Å². The van der Waals surface area contributed by atoms with E-state index < -0.39 is 12.2 Å². The highest BCUT2D eigenvalue weighted by molar-refractivity contribution is 5.98. The van der Waals surface area contributed by atoms with E-state index in [0.717, 1.165) is 24.3 Å². The highest BCUT2D eigenvalue weighted by atomic mass is 16.5. The lowest BCUT2D eigenvalue weighted by molar-refractivity contribution is -0.123. The van der Waals surface area contributed by atoms with E-state index in [9.17, 15) is 9.59 Å². The van der Waals surface area contributed by atoms with Gasteiger partial charge in [-0.15, -0.1) is 0 Å². The minimum atomic E-state index is -0.478. The van der Waals surface area contributed by atoms with Crippen molar-refractivity contribution in [2.24, 2.45) is 0 Å². The van der Waals surface area contributed by atoms with Crippen molar-refractivity contribution in [2.45, 2.75) is 45.7 Å². The van der Waals surface area contributed by atoms with Gasteiger partial charge in [0.2, 0.25) is 0 Å². The largest absolute Gasteiger partial charge is 0.479 e. The summed E-state index contributed by atoms with van der Waals surface area (Å²) >= 11 is 0. The van der Waals surface area contributed by atoms with Crippen LogP contribution in [0.4, 0.5) is 17.1 Å². The third-order valence-electron chi connectivity index (χ3n) is 6.41. The molecule has 2 unspecified atom stereocenters. The molecule has 5 rings (SSSR count). The van der Waals surface area contributed by atoms with Gasteiger partial charge in [0.1, 0.15) is 11.5 Å². The maximum absolute atomic E-state index is 11.9. The molecule has 0 saturated heterocycles. The van der Waals surface area contributed by atoms with E-state index in [1.54, 1.807) is 13.8 Å². The average molecular weight is 487 g/mol. The molecule has 2 atom stereocenters. The maximum atomic E-state index is 11.9. The van der Waals surface area contributed by atoms with Crippen molar-refractivity contribution < 1.29 is 19.1 Å². The molecule has 0 fully saturated rings. The number of carbonyl (C=O) groups is 2. The van der Waals surface area contributed by atoms with E-state index in [-0.39, 0.29) is 11.8 Å². The quantitative estimate of drug-likeness (QED) is 0.467. The fourth-order valence-electron chi connectivity index (χ4n) is 4.28. The van der Waals surface area contributed by atoms with Gasteiger partial charge < -0.3 is 30.3 Å². The van der Waals surface area contributed by atoms with Crippen LogP contribution in [-0.2, 0) is 29.2 Å². The molecule has 3 aromatic rings. The molecule has 2 aliphatic rings. The smallest absolute Gasteiger partial charge is 0.265 e. The average Bonchev–Trinajstić information content (AvgIpc) is 2.86. The van der Waals surface area contributed by atoms with Crippen LogP contribution in [0.3, 0.4) is 0 Å². The molecule has 3 N–H and O–H groups in total. The van der Waals surface area contributed by atoms with E-state index in [0.29, 0.717) is 29.4 Å². The second-order valence-electron chi connectivity index (χ2n) is 9.29. The molecule has 36 heavy (non-hydrogen) atoms. The third-order valence-corrected chi connectivity index (χ3v) is 6.41. The fraction of sp³-hybridized carbons (Fsp3) is 0.286. The molecule has 0 bridgehead atoms. The highest BCUT2D eigenvalue weighted by Gasteiger charge is 2.24. The topological polar surface area (TPSA) is 91.9 Å². The third kappa shape index (κ3) is 5.13. The number of hydrogen-bond acceptors (Lipinski definition) is 6. The van der Waals surface area contributed by atoms with Gasteiger partial charge in [-0.05, 0) is 60.9 Å². The standard InChI is InChI=1S/C28H30N4O4/c1-17-27(33)30-23-12-21(8-10-25(23)35-17)15-29-14-19-4-6-20(7-5-19)16-32(3)22-9-11-26-24(13-22)31-28(34)18(2)36-26/h4-13,17-18,29H,14-16H2,1-3H3,(H,30,33)(H,31,34). The molecule has 0 saturated carbocycles. The van der Waals surface area contributed by atoms with Crippen LogP contribution in [0.15, 0.2) is 60.7 Å². The zero-order valence-corrected chi connectivity index (χ0v) is 20.6. The number of ether oxygens (including phenoxy) is 2. The Morgan fingerprint density at radius 1 is 0.750 bits per heavy atom. The van der Waals surface area contributed by atoms with Gasteiger partial charge in [0, 0.05) is 32.4 Å². The monoisotopic (exact) mass is 486 g/mol. The second kappa shape index (κ2) is 9.91. The van der Waals surface area contributed by atoms with Gasteiger partial charge in [-0.25, -0.2) is 0 Å². The first-order valence-electron chi connectivity index (χ1n) is 12.1. The van der Waals surface area contributed by atoms with Crippen LogP contribution >= 0.6 is 0 Å². The number of amides is 2. The molecular weight excluding hydrogens is 456 g/mol. The van der Waals surface area contributed by atoms with Crippen molar-refractivity contribution >= 4 is 28.9 Å². The lowest BCUT2D eigenvalue weighted by atomic mass is 10.1. The number of benzene rings is 3. The van der Waals surface area contributed by atoms with E-state index in [2.05, 4.69) is 45.1 Å². The second-order valence-corrected chi connectivity index (χ2v) is 9.29. The molecule has 0 aromatic heterocycles. The maximum Gasteiger partial charge on any atom is 0.265 e. The highest BCUT2D eigenvalue weighted by Crippen LogP contribution is 2.33. The van der Waals surface area contributed by atoms with Crippen LogP contribution in [-0.4, -0.2) is 31.1 Å². The summed E-state index contributed by atoms with van der Waals surface area (Å²) in [7, 11) is 2.03. The predicted octanol–water partition coefficient (Wildman–Crippen LogP) is 4.05. The lowest BCUT2D eigenvalue weighted by Gasteiger charge is -2.26. The van der Waals surface area contributed by atoms with E-state index in [4.69, 9.17) is 9.47 Å². The molecule has 8 heteroatoms. The van der Waals surface area contributed by atoms with Crippen LogP contribution < -0.4 is 30.3 Å². The summed E-state index contributed by atoms with van der Waals surface area (Å²) in [6.45, 7) is 5.62. The van der Waals surface area contributed by atoms with Crippen molar-refractivity contribution in [3.05, 3.63) is 77.4 Å². The number of carbonyl (C=O) groups excluding carboxylic acids is 2. The normalized spacial score (nSPS) is 18.2. The first kappa shape index (κ1) is 23.7. The summed E-state index contributed by atoms with van der Waals surface area (Å²) in [6.07, 6.45) is -0.947. The van der Waals surface area contributed by atoms with Crippen LogP contribution in [0.5, 0.6) is 11.5 Å². The Morgan fingerprint density at radius 2 is 1.28 bits per heavy atom. The Bertz CT molecular complexity index is 1290. The van der Waals surface area contributed by atoms with Crippen LogP contribution in [0, 0.1) is 0 Å². The Morgan fingerprint density at radius 3 is 1.94 bits per heavy atom. The number of nitrogens with one attached hydrogen (secondary N) is 3. The van der Waals surface area contributed by atoms with Crippen molar-refractivity contribution in [1.82, 2.24) is 5.32 Å². The molecular formula is C28H30N4O4. The minimum Gasteiger partial charge on any atom is -0.479 e. The van der Waals surface area contributed by atoms with Gasteiger partial charge in [-0.1, -0.05) is 30.3 Å². The number of anilines is 3. The summed E-state index contributed by atoms with van der Waals surface area (Å²) < 4.78 is 11.3. The number of rotatable bonds is 7. The Balaban J connectivity index is 1.14.